The summed E-state index contributed by atoms with van der Waals surface area (Å²) in [5.74, 6) is 0. The third kappa shape index (κ3) is 5.55. The molecule has 0 saturated heterocycles. The third-order valence-electron chi connectivity index (χ3n) is 12.5. The zero-order valence-electron chi connectivity index (χ0n) is 32.7. The van der Waals surface area contributed by atoms with Gasteiger partial charge in [-0.25, -0.2) is 9.55 Å². The van der Waals surface area contributed by atoms with Gasteiger partial charge in [-0.2, -0.15) is 0 Å². The molecular formula is C54H43N4+. The van der Waals surface area contributed by atoms with Gasteiger partial charge < -0.3 is 9.47 Å². The minimum Gasteiger partial charge on any atom is -0.313 e. The molecule has 278 valence electrons. The van der Waals surface area contributed by atoms with Crippen LogP contribution in [0.25, 0.3) is 56.2 Å². The van der Waals surface area contributed by atoms with Crippen molar-refractivity contribution in [2.75, 3.05) is 4.90 Å². The summed E-state index contributed by atoms with van der Waals surface area (Å²) in [4.78, 5) is 5.62. The summed E-state index contributed by atoms with van der Waals surface area (Å²) in [6.45, 7) is 4.71. The Kier molecular flexibility index (Phi) is 7.94. The number of hydrogen-bond acceptors (Lipinski definition) is 1. The topological polar surface area (TPSA) is 27.2 Å². The first kappa shape index (κ1) is 34.1. The molecule has 58 heavy (non-hydrogen) atoms. The Hall–Kier alpha value is -7.17. The summed E-state index contributed by atoms with van der Waals surface area (Å²) < 4.78 is 4.60. The molecule has 7 aromatic carbocycles. The molecule has 0 aliphatic heterocycles. The lowest BCUT2D eigenvalue weighted by Gasteiger charge is -2.28. The fourth-order valence-corrected chi connectivity index (χ4v) is 9.51. The molecule has 2 aliphatic carbocycles. The van der Waals surface area contributed by atoms with E-state index in [0.29, 0.717) is 0 Å². The number of aromatic amines is 1. The number of aromatic nitrogens is 3. The lowest BCUT2D eigenvalue weighted by atomic mass is 9.82. The maximum absolute atomic E-state index is 3.20. The minimum absolute atomic E-state index is 0.0916. The number of rotatable bonds is 7. The molecule has 2 aromatic heterocycles. The number of fused-ring (bicyclic) bond motifs is 6. The fraction of sp³-hybridized carbons (Fsp3) is 0.0926. The first-order valence-electron chi connectivity index (χ1n) is 20.3. The van der Waals surface area contributed by atoms with Crippen molar-refractivity contribution in [3.8, 4) is 33.6 Å². The number of allylic oxidation sites excluding steroid dienone is 1. The van der Waals surface area contributed by atoms with Gasteiger partial charge in [0.25, 0.3) is 0 Å². The molecule has 9 aromatic rings. The van der Waals surface area contributed by atoms with Gasteiger partial charge >= 0.3 is 0 Å². The molecule has 2 aliphatic rings. The Morgan fingerprint density at radius 1 is 0.552 bits per heavy atom. The Bertz CT molecular complexity index is 2990. The van der Waals surface area contributed by atoms with Crippen LogP contribution in [-0.4, -0.2) is 9.13 Å². The van der Waals surface area contributed by atoms with Crippen LogP contribution in [0.2, 0.25) is 0 Å². The van der Waals surface area contributed by atoms with Crippen LogP contribution in [-0.2, 0) is 11.8 Å². The Labute approximate surface area is 339 Å². The van der Waals surface area contributed by atoms with Gasteiger partial charge in [0.15, 0.2) is 0 Å². The minimum atomic E-state index is -0.0916. The zero-order chi connectivity index (χ0) is 38.8. The van der Waals surface area contributed by atoms with E-state index in [2.05, 4.69) is 215 Å². The fourth-order valence-electron chi connectivity index (χ4n) is 9.51. The van der Waals surface area contributed by atoms with E-state index in [9.17, 15) is 0 Å². The van der Waals surface area contributed by atoms with Gasteiger partial charge in [-0.1, -0.05) is 117 Å². The van der Waals surface area contributed by atoms with E-state index in [-0.39, 0.29) is 5.41 Å². The van der Waals surface area contributed by atoms with Crippen molar-refractivity contribution in [2.24, 2.45) is 0 Å². The maximum atomic E-state index is 3.20. The lowest BCUT2D eigenvalue weighted by molar-refractivity contribution is -0.376. The smallest absolute Gasteiger partial charge is 0.246 e. The second-order valence-electron chi connectivity index (χ2n) is 16.1. The highest BCUT2D eigenvalue weighted by molar-refractivity contribution is 6.00. The molecule has 4 nitrogen and oxygen atoms in total. The van der Waals surface area contributed by atoms with Crippen LogP contribution in [0.4, 0.5) is 17.1 Å². The van der Waals surface area contributed by atoms with E-state index in [1.54, 1.807) is 0 Å². The van der Waals surface area contributed by atoms with E-state index in [1.807, 2.05) is 12.5 Å². The number of anilines is 3. The Morgan fingerprint density at radius 3 is 1.95 bits per heavy atom. The summed E-state index contributed by atoms with van der Waals surface area (Å²) in [6, 6.07) is 62.4. The standard InChI is InChI=1S/C54H42N4/c1-54(2)50-16-10-9-15-46(50)47-28-26-45(35-51(47)54)57(42-22-17-38(18-23-42)37-11-5-3-6-12-37)43-24-19-39(20-25-43)40-21-29-52-48(33-40)49-34-44(56-32-31-55-36-56)27-30-53(49)58(52)41-13-7-4-8-14-41/h3-20,22-28,30-36H,21,29H2,1-2H3/p+1. The van der Waals surface area contributed by atoms with Gasteiger partial charge in [-0.05, 0) is 130 Å². The molecule has 0 radical (unpaired) electrons. The lowest BCUT2D eigenvalue weighted by Crippen LogP contribution is -2.16. The third-order valence-corrected chi connectivity index (χ3v) is 12.5. The number of hydrogen-bond donors (Lipinski definition) is 0. The largest absolute Gasteiger partial charge is 0.313 e. The van der Waals surface area contributed by atoms with E-state index in [1.165, 1.54) is 72.4 Å². The monoisotopic (exact) mass is 747 g/mol. The zero-order valence-corrected chi connectivity index (χ0v) is 32.7. The molecule has 0 spiro atoms. The molecular weight excluding hydrogens is 705 g/mol. The molecule has 0 amide bonds. The van der Waals surface area contributed by atoms with Gasteiger partial charge in [-0.3, -0.25) is 0 Å². The van der Waals surface area contributed by atoms with E-state index in [0.717, 1.165) is 35.6 Å². The average molecular weight is 748 g/mol. The van der Waals surface area contributed by atoms with Crippen molar-refractivity contribution >= 4 is 39.6 Å². The van der Waals surface area contributed by atoms with E-state index < -0.39 is 0 Å². The second-order valence-corrected chi connectivity index (χ2v) is 16.1. The summed E-state index contributed by atoms with van der Waals surface area (Å²) in [5, 5.41) is 1.27. The summed E-state index contributed by atoms with van der Waals surface area (Å²) >= 11 is 0. The number of benzene rings is 7. The van der Waals surface area contributed by atoms with Gasteiger partial charge in [0.2, 0.25) is 6.33 Å². The number of nitrogens with one attached hydrogen (secondary N) is 1. The molecule has 2 heterocycles. The first-order chi connectivity index (χ1) is 28.5. The highest BCUT2D eigenvalue weighted by Gasteiger charge is 2.35. The van der Waals surface area contributed by atoms with Crippen molar-refractivity contribution in [3.63, 3.8) is 0 Å². The van der Waals surface area contributed by atoms with E-state index in [4.69, 9.17) is 0 Å². The maximum Gasteiger partial charge on any atom is 0.246 e. The first-order valence-corrected chi connectivity index (χ1v) is 20.3. The van der Waals surface area contributed by atoms with Crippen LogP contribution in [0.1, 0.15) is 48.2 Å². The number of imidazole rings is 1. The summed E-state index contributed by atoms with van der Waals surface area (Å²) in [7, 11) is 0. The molecule has 4 heteroatoms. The normalized spacial score (nSPS) is 13.8. The van der Waals surface area contributed by atoms with Crippen LogP contribution in [0.15, 0.2) is 189 Å². The SMILES string of the molecule is CC1(C)c2ccccc2-c2ccc(N(c3ccc(C4=Cc5c(n(-c6ccccc6)c6ccc(-n7cc[nH+]c7)cc56)CC4)cc3)c3ccc(-c4ccccc4)cc3)cc21. The molecule has 0 saturated carbocycles. The molecule has 0 bridgehead atoms. The number of para-hydroxylation sites is 1. The molecule has 0 atom stereocenters. The van der Waals surface area contributed by atoms with Crippen molar-refractivity contribution in [3.05, 3.63) is 217 Å². The molecule has 0 unspecified atom stereocenters. The Morgan fingerprint density at radius 2 is 1.21 bits per heavy atom. The highest BCUT2D eigenvalue weighted by atomic mass is 15.1. The highest BCUT2D eigenvalue weighted by Crippen LogP contribution is 2.51. The van der Waals surface area contributed by atoms with Crippen molar-refractivity contribution in [1.29, 1.82) is 0 Å². The summed E-state index contributed by atoms with van der Waals surface area (Å²) in [5.41, 5.74) is 20.1. The van der Waals surface area contributed by atoms with Crippen molar-refractivity contribution in [1.82, 2.24) is 9.13 Å². The van der Waals surface area contributed by atoms with E-state index >= 15 is 0 Å². The van der Waals surface area contributed by atoms with Gasteiger partial charge in [0, 0.05) is 44.8 Å². The van der Waals surface area contributed by atoms with Crippen molar-refractivity contribution < 1.29 is 4.98 Å². The average Bonchev–Trinajstić information content (AvgIpc) is 3.99. The predicted molar refractivity (Wildman–Crippen MR) is 239 cm³/mol. The number of H-pyrrole nitrogens is 1. The second kappa shape index (κ2) is 13.5. The number of nitrogens with zero attached hydrogens (tertiary/aromatic N) is 3. The molecule has 11 rings (SSSR count). The van der Waals surface area contributed by atoms with Crippen molar-refractivity contribution in [2.45, 2.75) is 32.1 Å². The molecule has 0 fully saturated rings. The van der Waals surface area contributed by atoms with Crippen LogP contribution < -0.4 is 9.88 Å². The van der Waals surface area contributed by atoms with Crippen LogP contribution in [0.3, 0.4) is 0 Å². The molecule has 1 N–H and O–H groups in total. The quantitative estimate of drug-likeness (QED) is 0.159. The Balaban J connectivity index is 1.00. The van der Waals surface area contributed by atoms with Gasteiger partial charge in [-0.15, -0.1) is 0 Å². The van der Waals surface area contributed by atoms with Crippen LogP contribution >= 0.6 is 0 Å². The van der Waals surface area contributed by atoms with Gasteiger partial charge in [0.1, 0.15) is 18.1 Å². The summed E-state index contributed by atoms with van der Waals surface area (Å²) in [6.07, 6.45) is 10.4. The predicted octanol–water partition coefficient (Wildman–Crippen LogP) is 13.2. The van der Waals surface area contributed by atoms with Crippen LogP contribution in [0.5, 0.6) is 0 Å². The van der Waals surface area contributed by atoms with Gasteiger partial charge in [0.05, 0.1) is 5.52 Å². The van der Waals surface area contributed by atoms with Crippen LogP contribution in [0, 0.1) is 0 Å².